The maximum Gasteiger partial charge on any atom is 0.257 e. The van der Waals surface area contributed by atoms with Crippen LogP contribution in [-0.4, -0.2) is 18.4 Å². The van der Waals surface area contributed by atoms with Gasteiger partial charge in [0.25, 0.3) is 10.0 Å². The van der Waals surface area contributed by atoms with Gasteiger partial charge in [-0.3, -0.25) is 5.43 Å². The van der Waals surface area contributed by atoms with Gasteiger partial charge in [-0.15, -0.1) is 4.83 Å². The summed E-state index contributed by atoms with van der Waals surface area (Å²) in [7, 11) is -3.78. The molecule has 0 aliphatic carbocycles. The van der Waals surface area contributed by atoms with Crippen molar-refractivity contribution in [3.8, 4) is 0 Å². The number of benzene rings is 2. The Labute approximate surface area is 165 Å². The summed E-state index contributed by atoms with van der Waals surface area (Å²) in [6, 6.07) is 13.9. The molecule has 0 unspecified atom stereocenters. The molecular weight excluding hydrogens is 432 g/mol. The fourth-order valence-corrected chi connectivity index (χ4v) is 3.40. The van der Waals surface area contributed by atoms with E-state index in [0.29, 0.717) is 5.82 Å². The van der Waals surface area contributed by atoms with E-state index in [2.05, 4.69) is 41.5 Å². The first-order valence-electron chi connectivity index (χ1n) is 7.83. The van der Waals surface area contributed by atoms with Crippen LogP contribution in [0.15, 0.2) is 64.2 Å². The van der Waals surface area contributed by atoms with Crippen molar-refractivity contribution in [1.29, 1.82) is 0 Å². The summed E-state index contributed by atoms with van der Waals surface area (Å²) >= 11 is 3.43. The Morgan fingerprint density at radius 3 is 2.37 bits per heavy atom. The lowest BCUT2D eigenvalue weighted by Crippen LogP contribution is -2.30. The molecule has 0 aliphatic rings. The molecule has 0 bridgehead atoms. The van der Waals surface area contributed by atoms with Crippen LogP contribution in [0.1, 0.15) is 5.56 Å². The van der Waals surface area contributed by atoms with Crippen molar-refractivity contribution < 1.29 is 8.42 Å². The quantitative estimate of drug-likeness (QED) is 0.427. The molecule has 10 heteroatoms. The molecule has 3 aromatic rings. The van der Waals surface area contributed by atoms with Crippen LogP contribution in [0.2, 0.25) is 0 Å². The van der Waals surface area contributed by atoms with E-state index >= 15 is 0 Å². The van der Waals surface area contributed by atoms with E-state index in [1.54, 1.807) is 12.1 Å². The first-order chi connectivity index (χ1) is 12.9. The molecule has 0 amide bonds. The highest BCUT2D eigenvalue weighted by atomic mass is 79.9. The van der Waals surface area contributed by atoms with E-state index in [1.807, 2.05) is 31.2 Å². The van der Waals surface area contributed by atoms with Gasteiger partial charge in [0.05, 0.1) is 10.6 Å². The van der Waals surface area contributed by atoms with Crippen molar-refractivity contribution in [2.24, 2.45) is 0 Å². The molecule has 0 radical (unpaired) electrons. The number of nitrogens with two attached hydrogens (primary N) is 1. The van der Waals surface area contributed by atoms with Crippen molar-refractivity contribution in [3.05, 3.63) is 64.9 Å². The highest BCUT2D eigenvalue weighted by Crippen LogP contribution is 2.29. The van der Waals surface area contributed by atoms with Crippen LogP contribution in [-0.2, 0) is 10.0 Å². The SMILES string of the molecule is Cc1ccc(S(=O)(=O)NNc2ncnc(Nc3ccccc3Br)c2N)cc1. The van der Waals surface area contributed by atoms with Gasteiger partial charge in [0.2, 0.25) is 0 Å². The van der Waals surface area contributed by atoms with Crippen molar-refractivity contribution in [2.45, 2.75) is 11.8 Å². The zero-order chi connectivity index (χ0) is 19.4. The average molecular weight is 449 g/mol. The first-order valence-corrected chi connectivity index (χ1v) is 10.1. The molecule has 140 valence electrons. The topological polar surface area (TPSA) is 122 Å². The van der Waals surface area contributed by atoms with Crippen molar-refractivity contribution in [3.63, 3.8) is 0 Å². The average Bonchev–Trinajstić information content (AvgIpc) is 2.64. The summed E-state index contributed by atoms with van der Waals surface area (Å²) in [5, 5.41) is 3.08. The molecule has 0 spiro atoms. The summed E-state index contributed by atoms with van der Waals surface area (Å²) in [6.07, 6.45) is 1.28. The highest BCUT2D eigenvalue weighted by Gasteiger charge is 2.15. The summed E-state index contributed by atoms with van der Waals surface area (Å²) in [5.41, 5.74) is 10.5. The molecule has 0 fully saturated rings. The third-order valence-corrected chi connectivity index (χ3v) is 5.60. The van der Waals surface area contributed by atoms with E-state index < -0.39 is 10.0 Å². The highest BCUT2D eigenvalue weighted by molar-refractivity contribution is 9.10. The van der Waals surface area contributed by atoms with Gasteiger partial charge in [-0.05, 0) is 47.1 Å². The van der Waals surface area contributed by atoms with Gasteiger partial charge >= 0.3 is 0 Å². The molecule has 5 N–H and O–H groups in total. The first kappa shape index (κ1) is 19.1. The number of aromatic nitrogens is 2. The number of nitrogen functional groups attached to an aromatic ring is 1. The van der Waals surface area contributed by atoms with Crippen LogP contribution in [0.4, 0.5) is 23.0 Å². The number of sulfonamides is 1. The van der Waals surface area contributed by atoms with Gasteiger partial charge in [0.15, 0.2) is 11.6 Å². The molecule has 1 aromatic heterocycles. The molecule has 3 rings (SSSR count). The van der Waals surface area contributed by atoms with Crippen LogP contribution >= 0.6 is 15.9 Å². The molecule has 0 aliphatic heterocycles. The summed E-state index contributed by atoms with van der Waals surface area (Å²) in [6.45, 7) is 1.88. The molecule has 0 saturated carbocycles. The number of hydrogen-bond donors (Lipinski definition) is 4. The van der Waals surface area contributed by atoms with Gasteiger partial charge in [-0.1, -0.05) is 29.8 Å². The normalized spacial score (nSPS) is 11.2. The van der Waals surface area contributed by atoms with Gasteiger partial charge in [0.1, 0.15) is 12.0 Å². The molecule has 8 nitrogen and oxygen atoms in total. The van der Waals surface area contributed by atoms with E-state index in [4.69, 9.17) is 5.73 Å². The lowest BCUT2D eigenvalue weighted by molar-refractivity contribution is 0.587. The van der Waals surface area contributed by atoms with Crippen molar-refractivity contribution in [1.82, 2.24) is 14.8 Å². The number of hydrazine groups is 1. The van der Waals surface area contributed by atoms with E-state index in [0.717, 1.165) is 15.7 Å². The Bertz CT molecular complexity index is 1060. The second-order valence-corrected chi connectivity index (χ2v) is 8.17. The maximum atomic E-state index is 12.4. The van der Waals surface area contributed by atoms with Crippen LogP contribution in [0.5, 0.6) is 0 Å². The molecule has 2 aromatic carbocycles. The van der Waals surface area contributed by atoms with Crippen LogP contribution in [0, 0.1) is 6.92 Å². The van der Waals surface area contributed by atoms with Crippen molar-refractivity contribution in [2.75, 3.05) is 16.5 Å². The van der Waals surface area contributed by atoms with Gasteiger partial charge in [-0.2, -0.15) is 0 Å². The van der Waals surface area contributed by atoms with Crippen LogP contribution < -0.4 is 21.3 Å². The Balaban J connectivity index is 1.78. The number of rotatable bonds is 6. The number of anilines is 4. The Hall–Kier alpha value is -2.69. The number of nitrogens with one attached hydrogen (secondary N) is 3. The molecule has 27 heavy (non-hydrogen) atoms. The summed E-state index contributed by atoms with van der Waals surface area (Å²) in [4.78, 5) is 10.5. The zero-order valence-electron chi connectivity index (χ0n) is 14.3. The van der Waals surface area contributed by atoms with Crippen LogP contribution in [0.3, 0.4) is 0 Å². The lowest BCUT2D eigenvalue weighted by Gasteiger charge is -2.14. The number of para-hydroxylation sites is 1. The van der Waals surface area contributed by atoms with Crippen molar-refractivity contribution >= 4 is 49.0 Å². The minimum absolute atomic E-state index is 0.125. The minimum Gasteiger partial charge on any atom is -0.393 e. The zero-order valence-corrected chi connectivity index (χ0v) is 16.7. The van der Waals surface area contributed by atoms with Gasteiger partial charge in [-0.25, -0.2) is 18.4 Å². The predicted octanol–water partition coefficient (Wildman–Crippen LogP) is 3.18. The Morgan fingerprint density at radius 1 is 1.00 bits per heavy atom. The summed E-state index contributed by atoms with van der Waals surface area (Å²) < 4.78 is 25.6. The monoisotopic (exact) mass is 448 g/mol. The standard InChI is InChI=1S/C17H17BrN6O2S/c1-11-6-8-12(9-7-11)27(25,26)24-23-17-15(19)16(20-10-21-17)22-14-5-3-2-4-13(14)18/h2-10,24H,19H2,1H3,(H2,20,21,22,23). The molecule has 1 heterocycles. The molecule has 0 saturated heterocycles. The molecule has 0 atom stereocenters. The van der Waals surface area contributed by atoms with Gasteiger partial charge in [0, 0.05) is 4.47 Å². The number of hydrogen-bond acceptors (Lipinski definition) is 7. The third kappa shape index (κ3) is 4.54. The lowest BCUT2D eigenvalue weighted by atomic mass is 10.2. The molecular formula is C17H17BrN6O2S. The van der Waals surface area contributed by atoms with E-state index in [1.165, 1.54) is 18.5 Å². The number of nitrogens with zero attached hydrogens (tertiary/aromatic N) is 2. The third-order valence-electron chi connectivity index (χ3n) is 3.65. The predicted molar refractivity (Wildman–Crippen MR) is 109 cm³/mol. The largest absolute Gasteiger partial charge is 0.393 e. The van der Waals surface area contributed by atoms with E-state index in [-0.39, 0.29) is 16.4 Å². The summed E-state index contributed by atoms with van der Waals surface area (Å²) in [5.74, 6) is 0.476. The van der Waals surface area contributed by atoms with E-state index in [9.17, 15) is 8.42 Å². The smallest absolute Gasteiger partial charge is 0.257 e. The second-order valence-electron chi connectivity index (χ2n) is 5.63. The maximum absolute atomic E-state index is 12.4. The fraction of sp³-hybridized carbons (Fsp3) is 0.0588. The number of aryl methyl sites for hydroxylation is 1. The second kappa shape index (κ2) is 7.91. The Morgan fingerprint density at radius 2 is 1.67 bits per heavy atom. The van der Waals surface area contributed by atoms with Gasteiger partial charge < -0.3 is 11.1 Å². The Kier molecular flexibility index (Phi) is 5.59. The fourth-order valence-electron chi connectivity index (χ4n) is 2.18. The minimum atomic E-state index is -3.78. The number of halogens is 1. The van der Waals surface area contributed by atoms with Crippen LogP contribution in [0.25, 0.3) is 0 Å².